The van der Waals surface area contributed by atoms with Crippen molar-refractivity contribution in [3.05, 3.63) is 41.5 Å². The minimum absolute atomic E-state index is 0.174. The highest BCUT2D eigenvalue weighted by atomic mass is 19.1. The number of rotatable bonds is 2. The molecule has 0 bridgehead atoms. The maximum atomic E-state index is 14.2. The minimum Gasteiger partial charge on any atom is -0.342 e. The van der Waals surface area contributed by atoms with E-state index in [0.29, 0.717) is 11.4 Å². The van der Waals surface area contributed by atoms with Crippen molar-refractivity contribution in [2.24, 2.45) is 0 Å². The molecule has 1 heterocycles. The molecule has 0 spiro atoms. The Morgan fingerprint density at radius 1 is 1.31 bits per heavy atom. The number of aryl methyl sites for hydroxylation is 1. The Hall–Kier alpha value is -1.64. The van der Waals surface area contributed by atoms with Gasteiger partial charge in [0, 0.05) is 11.9 Å². The van der Waals surface area contributed by atoms with Gasteiger partial charge in [0.1, 0.15) is 11.6 Å². The zero-order chi connectivity index (χ0) is 11.7. The lowest BCUT2D eigenvalue weighted by Gasteiger charge is -2.09. The molecular weight excluding hydrogens is 203 g/mol. The molecule has 0 amide bonds. The van der Waals surface area contributed by atoms with Gasteiger partial charge in [-0.25, -0.2) is 9.37 Å². The van der Waals surface area contributed by atoms with Gasteiger partial charge in [0.15, 0.2) is 0 Å². The van der Waals surface area contributed by atoms with E-state index >= 15 is 0 Å². The minimum atomic E-state index is -0.174. The van der Waals surface area contributed by atoms with Gasteiger partial charge in [-0.1, -0.05) is 26.0 Å². The number of hydrogen-bond donors (Lipinski definition) is 1. The van der Waals surface area contributed by atoms with Crippen LogP contribution in [-0.2, 0) is 0 Å². The Morgan fingerprint density at radius 3 is 2.62 bits per heavy atom. The highest BCUT2D eigenvalue weighted by Crippen LogP contribution is 2.26. The summed E-state index contributed by atoms with van der Waals surface area (Å²) in [6, 6.07) is 5.43. The summed E-state index contributed by atoms with van der Waals surface area (Å²) in [7, 11) is 0. The van der Waals surface area contributed by atoms with Crippen molar-refractivity contribution in [3.63, 3.8) is 0 Å². The van der Waals surface area contributed by atoms with Crippen molar-refractivity contribution in [1.29, 1.82) is 0 Å². The van der Waals surface area contributed by atoms with E-state index < -0.39 is 0 Å². The van der Waals surface area contributed by atoms with Crippen LogP contribution in [0.4, 0.5) is 4.39 Å². The average molecular weight is 218 g/mol. The number of aromatic nitrogens is 2. The molecular formula is C13H15FN2. The summed E-state index contributed by atoms with van der Waals surface area (Å²) in [5.74, 6) is 0.598. The molecule has 0 aliphatic rings. The Balaban J connectivity index is 2.54. The number of benzene rings is 1. The van der Waals surface area contributed by atoms with Crippen LogP contribution in [0.15, 0.2) is 24.4 Å². The first-order valence-corrected chi connectivity index (χ1v) is 5.40. The lowest BCUT2D eigenvalue weighted by Crippen LogP contribution is -1.96. The molecule has 0 saturated carbocycles. The molecule has 0 atom stereocenters. The number of nitrogens with zero attached hydrogens (tertiary/aromatic N) is 1. The molecule has 1 aromatic heterocycles. The number of halogens is 1. The van der Waals surface area contributed by atoms with Crippen LogP contribution >= 0.6 is 0 Å². The molecule has 2 aromatic rings. The lowest BCUT2D eigenvalue weighted by molar-refractivity contribution is 0.601. The van der Waals surface area contributed by atoms with E-state index in [-0.39, 0.29) is 11.7 Å². The molecule has 0 saturated heterocycles. The summed E-state index contributed by atoms with van der Waals surface area (Å²) in [6.45, 7) is 5.87. The van der Waals surface area contributed by atoms with Gasteiger partial charge < -0.3 is 4.98 Å². The highest BCUT2D eigenvalue weighted by molar-refractivity contribution is 5.58. The zero-order valence-electron chi connectivity index (χ0n) is 9.71. The Bertz CT molecular complexity index is 500. The number of H-pyrrole nitrogens is 1. The summed E-state index contributed by atoms with van der Waals surface area (Å²) < 4.78 is 14.2. The zero-order valence-corrected chi connectivity index (χ0v) is 9.71. The SMILES string of the molecule is Cc1cnc(-c2cccc(C(C)C)c2F)[nH]1. The second kappa shape index (κ2) is 4.08. The quantitative estimate of drug-likeness (QED) is 0.819. The van der Waals surface area contributed by atoms with Crippen LogP contribution < -0.4 is 0 Å². The van der Waals surface area contributed by atoms with Gasteiger partial charge in [0.05, 0.1) is 5.56 Å². The molecule has 0 radical (unpaired) electrons. The largest absolute Gasteiger partial charge is 0.342 e. The van der Waals surface area contributed by atoms with Crippen molar-refractivity contribution in [2.75, 3.05) is 0 Å². The van der Waals surface area contributed by atoms with Crippen molar-refractivity contribution in [1.82, 2.24) is 9.97 Å². The third-order valence-electron chi connectivity index (χ3n) is 2.61. The summed E-state index contributed by atoms with van der Waals surface area (Å²) >= 11 is 0. The second-order valence-electron chi connectivity index (χ2n) is 4.28. The lowest BCUT2D eigenvalue weighted by atomic mass is 9.99. The number of imidazole rings is 1. The van der Waals surface area contributed by atoms with Gasteiger partial charge in [-0.3, -0.25) is 0 Å². The molecule has 2 nitrogen and oxygen atoms in total. The third kappa shape index (κ3) is 1.85. The normalized spacial score (nSPS) is 11.1. The highest BCUT2D eigenvalue weighted by Gasteiger charge is 2.13. The van der Waals surface area contributed by atoms with E-state index in [1.165, 1.54) is 0 Å². The number of hydrogen-bond acceptors (Lipinski definition) is 1. The van der Waals surface area contributed by atoms with Crippen LogP contribution in [0.5, 0.6) is 0 Å². The second-order valence-corrected chi connectivity index (χ2v) is 4.28. The molecule has 84 valence electrons. The van der Waals surface area contributed by atoms with Gasteiger partial charge in [-0.15, -0.1) is 0 Å². The van der Waals surface area contributed by atoms with Gasteiger partial charge in [-0.2, -0.15) is 0 Å². The molecule has 1 N–H and O–H groups in total. The molecule has 0 fully saturated rings. The smallest absolute Gasteiger partial charge is 0.140 e. The van der Waals surface area contributed by atoms with Crippen LogP contribution in [0.2, 0.25) is 0 Å². The molecule has 0 aliphatic carbocycles. The maximum absolute atomic E-state index is 14.2. The maximum Gasteiger partial charge on any atom is 0.140 e. The third-order valence-corrected chi connectivity index (χ3v) is 2.61. The molecule has 0 unspecified atom stereocenters. The predicted molar refractivity (Wildman–Crippen MR) is 62.8 cm³/mol. The van der Waals surface area contributed by atoms with E-state index in [2.05, 4.69) is 9.97 Å². The summed E-state index contributed by atoms with van der Waals surface area (Å²) in [6.07, 6.45) is 1.71. The first-order valence-electron chi connectivity index (χ1n) is 5.40. The van der Waals surface area contributed by atoms with Crippen molar-refractivity contribution >= 4 is 0 Å². The summed E-state index contributed by atoms with van der Waals surface area (Å²) in [5, 5.41) is 0. The van der Waals surface area contributed by atoms with Gasteiger partial charge in [-0.05, 0) is 24.5 Å². The van der Waals surface area contributed by atoms with Gasteiger partial charge >= 0.3 is 0 Å². The number of aromatic amines is 1. The molecule has 3 heteroatoms. The van der Waals surface area contributed by atoms with E-state index in [1.54, 1.807) is 12.3 Å². The van der Waals surface area contributed by atoms with Crippen LogP contribution in [0.25, 0.3) is 11.4 Å². The predicted octanol–water partition coefficient (Wildman–Crippen LogP) is 3.65. The fourth-order valence-corrected chi connectivity index (χ4v) is 1.73. The first kappa shape index (κ1) is 10.9. The van der Waals surface area contributed by atoms with Gasteiger partial charge in [0.25, 0.3) is 0 Å². The molecule has 16 heavy (non-hydrogen) atoms. The molecule has 0 aliphatic heterocycles. The molecule has 1 aromatic carbocycles. The Labute approximate surface area is 94.5 Å². The average Bonchev–Trinajstić information content (AvgIpc) is 2.64. The standard InChI is InChI=1S/C13H15FN2/c1-8(2)10-5-4-6-11(12(10)14)13-15-7-9(3)16-13/h4-8H,1-3H3,(H,15,16). The van der Waals surface area contributed by atoms with Crippen molar-refractivity contribution in [3.8, 4) is 11.4 Å². The topological polar surface area (TPSA) is 28.7 Å². The van der Waals surface area contributed by atoms with E-state index in [1.807, 2.05) is 32.9 Å². The van der Waals surface area contributed by atoms with Crippen LogP contribution in [0.1, 0.15) is 31.0 Å². The van der Waals surface area contributed by atoms with E-state index in [4.69, 9.17) is 0 Å². The van der Waals surface area contributed by atoms with Crippen molar-refractivity contribution < 1.29 is 4.39 Å². The van der Waals surface area contributed by atoms with Crippen molar-refractivity contribution in [2.45, 2.75) is 26.7 Å². The first-order chi connectivity index (χ1) is 7.59. The summed E-state index contributed by atoms with van der Waals surface area (Å²) in [5.41, 5.74) is 2.20. The van der Waals surface area contributed by atoms with Gasteiger partial charge in [0.2, 0.25) is 0 Å². The summed E-state index contributed by atoms with van der Waals surface area (Å²) in [4.78, 5) is 7.20. The number of nitrogens with one attached hydrogen (secondary N) is 1. The molecule has 2 rings (SSSR count). The monoisotopic (exact) mass is 218 g/mol. The van der Waals surface area contributed by atoms with Crippen LogP contribution in [0.3, 0.4) is 0 Å². The fourth-order valence-electron chi connectivity index (χ4n) is 1.73. The van der Waals surface area contributed by atoms with Crippen LogP contribution in [-0.4, -0.2) is 9.97 Å². The van der Waals surface area contributed by atoms with E-state index in [9.17, 15) is 4.39 Å². The Morgan fingerprint density at radius 2 is 2.06 bits per heavy atom. The Kier molecular flexibility index (Phi) is 2.77. The fraction of sp³-hybridized carbons (Fsp3) is 0.308. The van der Waals surface area contributed by atoms with Crippen LogP contribution in [0, 0.1) is 12.7 Å². The van der Waals surface area contributed by atoms with E-state index in [0.717, 1.165) is 11.3 Å².